The molecule has 1 rings (SSSR count). The third kappa shape index (κ3) is 24.5. The van der Waals surface area contributed by atoms with E-state index >= 15 is 0 Å². The molecule has 252 valence electrons. The maximum Gasteiger partial charge on any atom is 0.372 e. The zero-order valence-electron chi connectivity index (χ0n) is 25.3. The Morgan fingerprint density at radius 3 is 1.27 bits per heavy atom. The van der Waals surface area contributed by atoms with Crippen molar-refractivity contribution in [1.82, 2.24) is 0 Å². The number of benzene rings is 1. The lowest BCUT2D eigenvalue weighted by atomic mass is 10.2. The van der Waals surface area contributed by atoms with E-state index in [9.17, 15) is 14.4 Å². The molecule has 3 N–H and O–H groups in total. The molecule has 0 unspecified atom stereocenters. The lowest BCUT2D eigenvalue weighted by Gasteiger charge is -2.09. The van der Waals surface area contributed by atoms with Crippen molar-refractivity contribution in [3.05, 3.63) is 24.3 Å². The highest BCUT2D eigenvalue weighted by Gasteiger charge is 2.14. The van der Waals surface area contributed by atoms with Gasteiger partial charge < -0.3 is 58.2 Å². The van der Waals surface area contributed by atoms with Crippen molar-refractivity contribution in [1.29, 1.82) is 0 Å². The standard InChI is InChI=1S/C29H47NO14/c30-25-3-1-2-4-27(25)43-23-21-41-19-17-39-15-13-37-11-9-35-7-8-36-10-12-38-14-16-40-18-20-42-22-24-44-28(32)6-5-26(31)29(33)34/h1-4H,5-24,30H2,(H,33,34). The number of para-hydroxylation sites is 2. The molecule has 0 aliphatic rings. The molecule has 0 aliphatic heterocycles. The molecule has 0 heterocycles. The second kappa shape index (κ2) is 28.9. The van der Waals surface area contributed by atoms with Crippen molar-refractivity contribution in [3.63, 3.8) is 0 Å². The van der Waals surface area contributed by atoms with Crippen LogP contribution in [0.4, 0.5) is 5.69 Å². The zero-order valence-corrected chi connectivity index (χ0v) is 25.3. The molecule has 15 nitrogen and oxygen atoms in total. The maximum absolute atomic E-state index is 11.3. The van der Waals surface area contributed by atoms with Gasteiger partial charge in [-0.2, -0.15) is 0 Å². The summed E-state index contributed by atoms with van der Waals surface area (Å²) < 4.78 is 53.6. The van der Waals surface area contributed by atoms with E-state index in [4.69, 9.17) is 58.2 Å². The maximum atomic E-state index is 11.3. The van der Waals surface area contributed by atoms with Gasteiger partial charge in [0.2, 0.25) is 5.78 Å². The molecule has 1 aromatic carbocycles. The van der Waals surface area contributed by atoms with Crippen LogP contribution in [-0.2, 0) is 57.0 Å². The van der Waals surface area contributed by atoms with Crippen LogP contribution in [0, 0.1) is 0 Å². The van der Waals surface area contributed by atoms with Crippen molar-refractivity contribution < 1.29 is 66.9 Å². The summed E-state index contributed by atoms with van der Waals surface area (Å²) in [6.07, 6.45) is -0.660. The largest absolute Gasteiger partial charge is 0.489 e. The fraction of sp³-hybridized carbons (Fsp3) is 0.690. The third-order valence-corrected chi connectivity index (χ3v) is 5.29. The molecule has 0 spiro atoms. The first-order valence-corrected chi connectivity index (χ1v) is 14.5. The minimum Gasteiger partial charge on any atom is -0.489 e. The first-order valence-electron chi connectivity index (χ1n) is 14.5. The van der Waals surface area contributed by atoms with Crippen LogP contribution < -0.4 is 10.5 Å². The second-order valence-corrected chi connectivity index (χ2v) is 8.73. The molecule has 0 fully saturated rings. The number of Topliss-reactive ketones (excluding diaryl/α,β-unsaturated/α-hetero) is 1. The summed E-state index contributed by atoms with van der Waals surface area (Å²) in [6.45, 7) is 7.20. The average molecular weight is 634 g/mol. The van der Waals surface area contributed by atoms with E-state index in [-0.39, 0.29) is 26.1 Å². The van der Waals surface area contributed by atoms with Crippen molar-refractivity contribution in [2.75, 3.05) is 125 Å². The van der Waals surface area contributed by atoms with Crippen LogP contribution >= 0.6 is 0 Å². The Morgan fingerprint density at radius 2 is 0.886 bits per heavy atom. The molecule has 0 saturated heterocycles. The van der Waals surface area contributed by atoms with Gasteiger partial charge in [0.1, 0.15) is 19.0 Å². The van der Waals surface area contributed by atoms with Crippen LogP contribution in [-0.4, -0.2) is 142 Å². The number of esters is 1. The molecule has 0 radical (unpaired) electrons. The van der Waals surface area contributed by atoms with Gasteiger partial charge in [-0.15, -0.1) is 0 Å². The van der Waals surface area contributed by atoms with Crippen LogP contribution in [0.15, 0.2) is 24.3 Å². The minimum absolute atomic E-state index is 0.0136. The molecule has 1 aromatic rings. The lowest BCUT2D eigenvalue weighted by molar-refractivity contribution is -0.151. The Labute approximate surface area is 258 Å². The Bertz CT molecular complexity index is 872. The number of anilines is 1. The molecule has 0 bridgehead atoms. The minimum atomic E-state index is -1.56. The van der Waals surface area contributed by atoms with Gasteiger partial charge in [0.05, 0.1) is 118 Å². The van der Waals surface area contributed by atoms with Crippen LogP contribution in [0.1, 0.15) is 12.8 Å². The molecule has 0 atom stereocenters. The fourth-order valence-electron chi connectivity index (χ4n) is 3.07. The van der Waals surface area contributed by atoms with Gasteiger partial charge in [-0.3, -0.25) is 9.59 Å². The number of ketones is 1. The summed E-state index contributed by atoms with van der Waals surface area (Å²) in [5.41, 5.74) is 6.41. The monoisotopic (exact) mass is 633 g/mol. The van der Waals surface area contributed by atoms with E-state index in [1.54, 1.807) is 6.07 Å². The smallest absolute Gasteiger partial charge is 0.372 e. The number of carbonyl (C=O) groups is 3. The third-order valence-electron chi connectivity index (χ3n) is 5.29. The summed E-state index contributed by atoms with van der Waals surface area (Å²) in [5, 5.41) is 8.43. The van der Waals surface area contributed by atoms with Crippen molar-refractivity contribution in [3.8, 4) is 5.75 Å². The van der Waals surface area contributed by atoms with Crippen molar-refractivity contribution in [2.24, 2.45) is 0 Å². The number of hydrogen-bond acceptors (Lipinski definition) is 14. The highest BCUT2D eigenvalue weighted by molar-refractivity contribution is 6.32. The van der Waals surface area contributed by atoms with Gasteiger partial charge >= 0.3 is 11.9 Å². The predicted octanol–water partition coefficient (Wildman–Crippen LogP) is 0.758. The molecule has 0 aliphatic carbocycles. The van der Waals surface area contributed by atoms with Crippen LogP contribution in [0.5, 0.6) is 5.75 Å². The van der Waals surface area contributed by atoms with Crippen LogP contribution in [0.3, 0.4) is 0 Å². The Kier molecular flexibility index (Phi) is 25.7. The number of carboxylic acids is 1. The van der Waals surface area contributed by atoms with E-state index < -0.39 is 17.7 Å². The number of nitrogen functional groups attached to an aromatic ring is 1. The van der Waals surface area contributed by atoms with Crippen LogP contribution in [0.2, 0.25) is 0 Å². The van der Waals surface area contributed by atoms with E-state index in [1.807, 2.05) is 18.2 Å². The summed E-state index contributed by atoms with van der Waals surface area (Å²) in [7, 11) is 0. The molecular weight excluding hydrogens is 586 g/mol. The number of carboxylic acid groups (broad SMARTS) is 1. The van der Waals surface area contributed by atoms with Gasteiger partial charge in [0, 0.05) is 6.42 Å². The topological polar surface area (TPSA) is 190 Å². The van der Waals surface area contributed by atoms with Gasteiger partial charge in [0.25, 0.3) is 0 Å². The van der Waals surface area contributed by atoms with Gasteiger partial charge in [0.15, 0.2) is 0 Å². The highest BCUT2D eigenvalue weighted by Crippen LogP contribution is 2.19. The Balaban J connectivity index is 1.68. The molecule has 44 heavy (non-hydrogen) atoms. The molecule has 0 amide bonds. The van der Waals surface area contributed by atoms with Gasteiger partial charge in [-0.25, -0.2) is 4.79 Å². The summed E-state index contributed by atoms with van der Waals surface area (Å²) in [4.78, 5) is 32.6. The molecular formula is C29H47NO14. The Morgan fingerprint density at radius 1 is 0.523 bits per heavy atom. The highest BCUT2D eigenvalue weighted by atomic mass is 16.6. The second-order valence-electron chi connectivity index (χ2n) is 8.73. The Hall–Kier alpha value is -2.89. The fourth-order valence-corrected chi connectivity index (χ4v) is 3.07. The van der Waals surface area contributed by atoms with Crippen molar-refractivity contribution in [2.45, 2.75) is 12.8 Å². The molecule has 0 saturated carbocycles. The van der Waals surface area contributed by atoms with E-state index in [1.165, 1.54) is 0 Å². The SMILES string of the molecule is Nc1ccccc1OCCOCCOCCOCCOCCOCCOCCOCCOCCOC(=O)CCC(=O)C(=O)O. The first kappa shape index (κ1) is 39.1. The number of nitrogens with two attached hydrogens (primary N) is 1. The van der Waals surface area contributed by atoms with E-state index in [0.717, 1.165) is 0 Å². The van der Waals surface area contributed by atoms with E-state index in [2.05, 4.69) is 0 Å². The summed E-state index contributed by atoms with van der Waals surface area (Å²) in [6, 6.07) is 7.33. The predicted molar refractivity (Wildman–Crippen MR) is 156 cm³/mol. The number of aliphatic carboxylic acids is 1. The van der Waals surface area contributed by atoms with Crippen LogP contribution in [0.25, 0.3) is 0 Å². The zero-order chi connectivity index (χ0) is 31.9. The first-order chi connectivity index (χ1) is 21.5. The van der Waals surface area contributed by atoms with Gasteiger partial charge in [-0.1, -0.05) is 12.1 Å². The number of ether oxygens (including phenoxy) is 10. The summed E-state index contributed by atoms with van der Waals surface area (Å²) >= 11 is 0. The normalized spacial score (nSPS) is 11.0. The molecule has 0 aromatic heterocycles. The lowest BCUT2D eigenvalue weighted by Crippen LogP contribution is -2.17. The van der Waals surface area contributed by atoms with Gasteiger partial charge in [-0.05, 0) is 12.1 Å². The average Bonchev–Trinajstić information content (AvgIpc) is 3.01. The summed E-state index contributed by atoms with van der Waals surface area (Å²) in [5.74, 6) is -2.58. The quantitative estimate of drug-likeness (QED) is 0.0489. The van der Waals surface area contributed by atoms with E-state index in [0.29, 0.717) is 117 Å². The number of carbonyl (C=O) groups excluding carboxylic acids is 2. The van der Waals surface area contributed by atoms with Crippen molar-refractivity contribution >= 4 is 23.4 Å². The number of hydrogen-bond donors (Lipinski definition) is 2. The molecule has 15 heteroatoms. The number of rotatable bonds is 32.